The Bertz CT molecular complexity index is 1720. The van der Waals surface area contributed by atoms with Gasteiger partial charge < -0.3 is 20.5 Å². The number of hydrogen-bond donors (Lipinski definition) is 4. The Balaban J connectivity index is 1.54. The molecule has 1 heterocycles. The molecular formula is C27H26ClF2N5O4S. The first-order valence-corrected chi connectivity index (χ1v) is 14.2. The minimum atomic E-state index is -4.34. The second kappa shape index (κ2) is 11.1. The van der Waals surface area contributed by atoms with Crippen molar-refractivity contribution in [2.75, 3.05) is 37.3 Å². The molecule has 1 unspecified atom stereocenters. The van der Waals surface area contributed by atoms with Crippen LogP contribution in [0.4, 0.5) is 20.4 Å². The molecule has 0 bridgehead atoms. The highest BCUT2D eigenvalue weighted by Crippen LogP contribution is 2.40. The molecule has 210 valence electrons. The average Bonchev–Trinajstić information content (AvgIpc) is 3.29. The van der Waals surface area contributed by atoms with Crippen LogP contribution in [-0.2, 0) is 16.4 Å². The second-order valence-electron chi connectivity index (χ2n) is 9.26. The fourth-order valence-corrected chi connectivity index (χ4v) is 6.44. The van der Waals surface area contributed by atoms with Crippen molar-refractivity contribution in [2.45, 2.75) is 23.8 Å². The molecule has 0 saturated carbocycles. The third kappa shape index (κ3) is 5.27. The maximum absolute atomic E-state index is 15.8. The standard InChI is InChI=1S/C27H26ClF2N5O4S/c1-31-7-8-32-27-33-13-15-9-14(10-22(39-2)26(15)34-27)24-19(29)4-5-20(25(24)30)35-40(37,38)23-12-16(28)11-18-17(23)3-6-21(18)36/h4-5,9-13,21,31,35-36H,3,6-8H2,1-2H3,(H,32,33,34). The van der Waals surface area contributed by atoms with Gasteiger partial charge in [0.25, 0.3) is 10.0 Å². The van der Waals surface area contributed by atoms with Crippen LogP contribution in [0.5, 0.6) is 5.75 Å². The van der Waals surface area contributed by atoms with Crippen LogP contribution in [0.15, 0.2) is 47.5 Å². The van der Waals surface area contributed by atoms with E-state index < -0.39 is 39.0 Å². The van der Waals surface area contributed by atoms with Gasteiger partial charge in [-0.3, -0.25) is 4.72 Å². The highest BCUT2D eigenvalue weighted by molar-refractivity contribution is 7.92. The summed E-state index contributed by atoms with van der Waals surface area (Å²) in [6.07, 6.45) is 1.32. The highest BCUT2D eigenvalue weighted by Gasteiger charge is 2.30. The lowest BCUT2D eigenvalue weighted by atomic mass is 10.0. The van der Waals surface area contributed by atoms with E-state index in [-0.39, 0.29) is 21.2 Å². The van der Waals surface area contributed by atoms with E-state index in [4.69, 9.17) is 16.3 Å². The Labute approximate surface area is 234 Å². The number of rotatable bonds is 9. The molecule has 4 aromatic rings. The fourth-order valence-electron chi connectivity index (χ4n) is 4.77. The van der Waals surface area contributed by atoms with Crippen LogP contribution in [0.1, 0.15) is 23.7 Å². The third-order valence-electron chi connectivity index (χ3n) is 6.67. The number of aliphatic hydroxyl groups is 1. The highest BCUT2D eigenvalue weighted by atomic mass is 35.5. The van der Waals surface area contributed by atoms with E-state index in [1.54, 1.807) is 0 Å². The summed E-state index contributed by atoms with van der Waals surface area (Å²) in [5, 5.41) is 16.9. The van der Waals surface area contributed by atoms with E-state index in [0.717, 1.165) is 12.1 Å². The summed E-state index contributed by atoms with van der Waals surface area (Å²) in [4.78, 5) is 8.55. The lowest BCUT2D eigenvalue weighted by molar-refractivity contribution is 0.180. The zero-order chi connectivity index (χ0) is 28.6. The van der Waals surface area contributed by atoms with Crippen LogP contribution in [-0.4, -0.2) is 50.7 Å². The number of halogens is 3. The van der Waals surface area contributed by atoms with E-state index in [1.165, 1.54) is 37.6 Å². The Kier molecular flexibility index (Phi) is 7.78. The Morgan fingerprint density at radius 2 is 1.98 bits per heavy atom. The molecule has 0 amide bonds. The number of aromatic nitrogens is 2. The van der Waals surface area contributed by atoms with Gasteiger partial charge in [-0.1, -0.05) is 11.6 Å². The van der Waals surface area contributed by atoms with Crippen molar-refractivity contribution in [2.24, 2.45) is 0 Å². The summed E-state index contributed by atoms with van der Waals surface area (Å²) in [6.45, 7) is 1.28. The minimum Gasteiger partial charge on any atom is -0.494 e. The topological polar surface area (TPSA) is 125 Å². The molecule has 0 spiro atoms. The number of ether oxygens (including phenoxy) is 1. The normalized spacial score (nSPS) is 14.8. The predicted octanol–water partition coefficient (Wildman–Crippen LogP) is 4.65. The van der Waals surface area contributed by atoms with Crippen molar-refractivity contribution in [3.05, 3.63) is 70.4 Å². The summed E-state index contributed by atoms with van der Waals surface area (Å²) in [7, 11) is -1.12. The second-order valence-corrected chi connectivity index (χ2v) is 11.3. The van der Waals surface area contributed by atoms with Crippen LogP contribution >= 0.6 is 11.6 Å². The molecule has 1 aliphatic rings. The van der Waals surface area contributed by atoms with Gasteiger partial charge in [0.15, 0.2) is 5.82 Å². The summed E-state index contributed by atoms with van der Waals surface area (Å²) in [5.74, 6) is -1.40. The molecule has 1 aliphatic carbocycles. The Morgan fingerprint density at radius 1 is 1.18 bits per heavy atom. The van der Waals surface area contributed by atoms with E-state index in [9.17, 15) is 13.5 Å². The number of benzene rings is 3. The van der Waals surface area contributed by atoms with E-state index in [2.05, 4.69) is 25.3 Å². The molecule has 0 saturated heterocycles. The predicted molar refractivity (Wildman–Crippen MR) is 149 cm³/mol. The smallest absolute Gasteiger partial charge is 0.262 e. The zero-order valence-corrected chi connectivity index (χ0v) is 23.1. The molecule has 1 aromatic heterocycles. The Hall–Kier alpha value is -3.58. The summed E-state index contributed by atoms with van der Waals surface area (Å²) in [5.41, 5.74) is 0.450. The van der Waals surface area contributed by atoms with Gasteiger partial charge in [0.1, 0.15) is 17.1 Å². The monoisotopic (exact) mass is 589 g/mol. The van der Waals surface area contributed by atoms with Crippen molar-refractivity contribution in [1.82, 2.24) is 15.3 Å². The molecule has 4 N–H and O–H groups in total. The molecule has 5 rings (SSSR count). The molecular weight excluding hydrogens is 564 g/mol. The van der Waals surface area contributed by atoms with Crippen LogP contribution in [0.3, 0.4) is 0 Å². The van der Waals surface area contributed by atoms with Gasteiger partial charge >= 0.3 is 0 Å². The van der Waals surface area contributed by atoms with Gasteiger partial charge in [0.05, 0.1) is 29.4 Å². The zero-order valence-electron chi connectivity index (χ0n) is 21.6. The summed E-state index contributed by atoms with van der Waals surface area (Å²) < 4.78 is 65.3. The van der Waals surface area contributed by atoms with Crippen molar-refractivity contribution >= 4 is 44.2 Å². The van der Waals surface area contributed by atoms with Crippen molar-refractivity contribution < 1.29 is 27.0 Å². The van der Waals surface area contributed by atoms with Crippen molar-refractivity contribution in [3.63, 3.8) is 0 Å². The van der Waals surface area contributed by atoms with Crippen LogP contribution < -0.4 is 20.1 Å². The summed E-state index contributed by atoms with van der Waals surface area (Å²) in [6, 6.07) is 7.68. The molecule has 1 atom stereocenters. The first-order chi connectivity index (χ1) is 19.1. The molecule has 3 aromatic carbocycles. The number of nitrogens with zero attached hydrogens (tertiary/aromatic N) is 2. The number of anilines is 2. The van der Waals surface area contributed by atoms with Gasteiger partial charge in [-0.05, 0) is 73.0 Å². The number of likely N-dealkylation sites (N-methyl/N-ethyl adjacent to an activating group) is 1. The first-order valence-electron chi connectivity index (χ1n) is 12.4. The van der Waals surface area contributed by atoms with Crippen molar-refractivity contribution in [3.8, 4) is 16.9 Å². The van der Waals surface area contributed by atoms with Gasteiger partial charge in [0.2, 0.25) is 5.95 Å². The van der Waals surface area contributed by atoms with Crippen LogP contribution in [0.2, 0.25) is 5.02 Å². The molecule has 0 fully saturated rings. The quantitative estimate of drug-likeness (QED) is 0.208. The number of methoxy groups -OCH3 is 1. The molecule has 0 radical (unpaired) electrons. The number of hydrogen-bond acceptors (Lipinski definition) is 8. The Morgan fingerprint density at radius 3 is 2.73 bits per heavy atom. The van der Waals surface area contributed by atoms with E-state index >= 15 is 8.78 Å². The number of fused-ring (bicyclic) bond motifs is 2. The van der Waals surface area contributed by atoms with Crippen LogP contribution in [0, 0.1) is 11.6 Å². The molecule has 40 heavy (non-hydrogen) atoms. The lowest BCUT2D eigenvalue weighted by Crippen LogP contribution is -2.18. The van der Waals surface area contributed by atoms with Gasteiger partial charge in [-0.2, -0.15) is 0 Å². The van der Waals surface area contributed by atoms with Crippen LogP contribution in [0.25, 0.3) is 22.0 Å². The number of nitrogens with one attached hydrogen (secondary N) is 3. The first kappa shape index (κ1) is 28.0. The fraction of sp³-hybridized carbons (Fsp3) is 0.259. The van der Waals surface area contributed by atoms with Gasteiger partial charge in [0, 0.05) is 29.7 Å². The lowest BCUT2D eigenvalue weighted by Gasteiger charge is -2.16. The maximum Gasteiger partial charge on any atom is 0.262 e. The molecule has 13 heteroatoms. The van der Waals surface area contributed by atoms with E-state index in [1.807, 2.05) is 7.05 Å². The average molecular weight is 590 g/mol. The van der Waals surface area contributed by atoms with Gasteiger partial charge in [-0.25, -0.2) is 27.2 Å². The third-order valence-corrected chi connectivity index (χ3v) is 8.32. The van der Waals surface area contributed by atoms with Gasteiger partial charge in [-0.15, -0.1) is 0 Å². The number of aliphatic hydroxyl groups excluding tert-OH is 1. The van der Waals surface area contributed by atoms with Crippen molar-refractivity contribution in [1.29, 1.82) is 0 Å². The molecule has 0 aliphatic heterocycles. The maximum atomic E-state index is 15.8. The largest absolute Gasteiger partial charge is 0.494 e. The molecule has 9 nitrogen and oxygen atoms in total. The van der Waals surface area contributed by atoms with E-state index in [0.29, 0.717) is 53.9 Å². The summed E-state index contributed by atoms with van der Waals surface area (Å²) >= 11 is 6.12. The minimum absolute atomic E-state index is 0.103. The SMILES string of the molecule is CNCCNc1ncc2cc(-c3c(F)ccc(NS(=O)(=O)c4cc(Cl)cc5c4CCC5O)c3F)cc(OC)c2n1. The number of sulfonamides is 1.